The number of pyridine rings is 2. The van der Waals surface area contributed by atoms with E-state index in [-0.39, 0.29) is 6.03 Å². The molecule has 6 nitrogen and oxygen atoms in total. The van der Waals surface area contributed by atoms with E-state index in [0.717, 1.165) is 22.6 Å². The van der Waals surface area contributed by atoms with Crippen molar-refractivity contribution in [1.29, 1.82) is 0 Å². The molecule has 0 bridgehead atoms. The maximum Gasteiger partial charge on any atom is 0.319 e. The molecule has 0 aliphatic carbocycles. The van der Waals surface area contributed by atoms with Gasteiger partial charge in [0.05, 0.1) is 17.6 Å². The number of aromatic nitrogens is 2. The molecule has 21 heavy (non-hydrogen) atoms. The van der Waals surface area contributed by atoms with Crippen LogP contribution in [0.1, 0.15) is 11.3 Å². The Morgan fingerprint density at radius 2 is 2.10 bits per heavy atom. The molecule has 0 spiro atoms. The van der Waals surface area contributed by atoms with Crippen molar-refractivity contribution < 1.29 is 4.79 Å². The molecule has 0 aromatic carbocycles. The van der Waals surface area contributed by atoms with Crippen molar-refractivity contribution in [3.05, 3.63) is 48.0 Å². The van der Waals surface area contributed by atoms with Crippen LogP contribution in [-0.2, 0) is 6.54 Å². The highest BCUT2D eigenvalue weighted by atomic mass is 16.2. The van der Waals surface area contributed by atoms with E-state index >= 15 is 0 Å². The molecule has 0 atom stereocenters. The average Bonchev–Trinajstić information content (AvgIpc) is 2.47. The first-order chi connectivity index (χ1) is 10.1. The second-order valence-electron chi connectivity index (χ2n) is 4.84. The minimum Gasteiger partial charge on any atom is -0.375 e. The molecule has 2 aromatic rings. The van der Waals surface area contributed by atoms with Crippen molar-refractivity contribution in [2.75, 3.05) is 24.3 Å². The Morgan fingerprint density at radius 3 is 2.81 bits per heavy atom. The summed E-state index contributed by atoms with van der Waals surface area (Å²) < 4.78 is 0. The van der Waals surface area contributed by atoms with Gasteiger partial charge in [0.2, 0.25) is 0 Å². The lowest BCUT2D eigenvalue weighted by Gasteiger charge is -2.17. The molecular weight excluding hydrogens is 266 g/mol. The molecule has 0 saturated heterocycles. The molecule has 0 fully saturated rings. The van der Waals surface area contributed by atoms with Crippen molar-refractivity contribution in [2.24, 2.45) is 0 Å². The third kappa shape index (κ3) is 3.92. The Kier molecular flexibility index (Phi) is 4.71. The topological polar surface area (TPSA) is 70.1 Å². The first-order valence-electron chi connectivity index (χ1n) is 6.64. The minimum absolute atomic E-state index is 0.257. The molecular formula is C15H19N5O. The average molecular weight is 285 g/mol. The summed E-state index contributed by atoms with van der Waals surface area (Å²) >= 11 is 0. The number of anilines is 2. The van der Waals surface area contributed by atoms with E-state index in [1.807, 2.05) is 38.1 Å². The molecule has 2 heterocycles. The van der Waals surface area contributed by atoms with Crippen LogP contribution in [0.15, 0.2) is 36.8 Å². The van der Waals surface area contributed by atoms with Gasteiger partial charge in [0.25, 0.3) is 0 Å². The fourth-order valence-corrected chi connectivity index (χ4v) is 1.89. The molecule has 2 aromatic heterocycles. The second-order valence-corrected chi connectivity index (χ2v) is 4.84. The zero-order valence-corrected chi connectivity index (χ0v) is 12.4. The van der Waals surface area contributed by atoms with Crippen LogP contribution in [0.4, 0.5) is 16.2 Å². The Hall–Kier alpha value is -2.63. The lowest BCUT2D eigenvalue weighted by atomic mass is 10.2. The van der Waals surface area contributed by atoms with Gasteiger partial charge in [-0.25, -0.2) is 4.79 Å². The molecule has 0 radical (unpaired) electrons. The summed E-state index contributed by atoms with van der Waals surface area (Å²) in [5.74, 6) is 0. The monoisotopic (exact) mass is 285 g/mol. The van der Waals surface area contributed by atoms with Gasteiger partial charge >= 0.3 is 6.03 Å². The van der Waals surface area contributed by atoms with E-state index in [1.165, 1.54) is 0 Å². The summed E-state index contributed by atoms with van der Waals surface area (Å²) in [6, 6.07) is 5.31. The summed E-state index contributed by atoms with van der Waals surface area (Å²) in [5, 5.41) is 5.65. The van der Waals surface area contributed by atoms with Crippen LogP contribution >= 0.6 is 0 Å². The minimum atomic E-state index is -0.257. The van der Waals surface area contributed by atoms with Gasteiger partial charge in [-0.2, -0.15) is 0 Å². The molecule has 0 unspecified atom stereocenters. The van der Waals surface area contributed by atoms with Crippen molar-refractivity contribution in [3.8, 4) is 0 Å². The lowest BCUT2D eigenvalue weighted by molar-refractivity contribution is 0.251. The van der Waals surface area contributed by atoms with E-state index in [0.29, 0.717) is 6.54 Å². The maximum atomic E-state index is 12.0. The fourth-order valence-electron chi connectivity index (χ4n) is 1.89. The van der Waals surface area contributed by atoms with Gasteiger partial charge in [-0.1, -0.05) is 6.07 Å². The van der Waals surface area contributed by atoms with Gasteiger partial charge in [0.15, 0.2) is 0 Å². The molecule has 6 heteroatoms. The van der Waals surface area contributed by atoms with Gasteiger partial charge in [0, 0.05) is 38.7 Å². The summed E-state index contributed by atoms with van der Waals surface area (Å²) in [6.45, 7) is 2.36. The number of rotatable bonds is 4. The second kappa shape index (κ2) is 6.69. The highest BCUT2D eigenvalue weighted by molar-refractivity contribution is 5.92. The van der Waals surface area contributed by atoms with Crippen LogP contribution in [0.3, 0.4) is 0 Å². The summed E-state index contributed by atoms with van der Waals surface area (Å²) in [4.78, 5) is 22.1. The van der Waals surface area contributed by atoms with E-state index in [9.17, 15) is 4.79 Å². The van der Waals surface area contributed by atoms with Gasteiger partial charge in [-0.3, -0.25) is 9.97 Å². The maximum absolute atomic E-state index is 12.0. The quantitative estimate of drug-likeness (QED) is 0.903. The van der Waals surface area contributed by atoms with Crippen LogP contribution in [-0.4, -0.2) is 30.1 Å². The highest BCUT2D eigenvalue weighted by Gasteiger charge is 2.08. The fraction of sp³-hybridized carbons (Fsp3) is 0.267. The Bertz CT molecular complexity index is 627. The summed E-state index contributed by atoms with van der Waals surface area (Å²) in [7, 11) is 3.80. The smallest absolute Gasteiger partial charge is 0.319 e. The zero-order valence-electron chi connectivity index (χ0n) is 12.4. The number of aryl methyl sites for hydroxylation is 1. The number of nitrogens with one attached hydrogen (secondary N) is 2. The van der Waals surface area contributed by atoms with Gasteiger partial charge in [0.1, 0.15) is 0 Å². The van der Waals surface area contributed by atoms with Crippen LogP contribution in [0, 0.1) is 6.92 Å². The third-order valence-electron chi connectivity index (χ3n) is 3.09. The van der Waals surface area contributed by atoms with Gasteiger partial charge < -0.3 is 15.5 Å². The number of amides is 2. The van der Waals surface area contributed by atoms with E-state index in [2.05, 4.69) is 20.6 Å². The van der Waals surface area contributed by atoms with Crippen molar-refractivity contribution >= 4 is 17.4 Å². The molecule has 2 rings (SSSR count). The van der Waals surface area contributed by atoms with Crippen LogP contribution in [0.25, 0.3) is 0 Å². The molecule has 0 saturated carbocycles. The normalized spacial score (nSPS) is 10.0. The number of hydrogen-bond acceptors (Lipinski definition) is 4. The van der Waals surface area contributed by atoms with Crippen molar-refractivity contribution in [2.45, 2.75) is 13.5 Å². The van der Waals surface area contributed by atoms with E-state index < -0.39 is 0 Å². The first kappa shape index (κ1) is 14.8. The van der Waals surface area contributed by atoms with Gasteiger partial charge in [-0.05, 0) is 24.6 Å². The van der Waals surface area contributed by atoms with Crippen LogP contribution in [0.5, 0.6) is 0 Å². The zero-order chi connectivity index (χ0) is 15.2. The van der Waals surface area contributed by atoms with E-state index in [1.54, 1.807) is 24.7 Å². The molecule has 0 aliphatic rings. The van der Waals surface area contributed by atoms with Crippen LogP contribution in [0.2, 0.25) is 0 Å². The number of urea groups is 1. The molecule has 110 valence electrons. The predicted molar refractivity (Wildman–Crippen MR) is 83.4 cm³/mol. The van der Waals surface area contributed by atoms with Crippen LogP contribution < -0.4 is 15.5 Å². The van der Waals surface area contributed by atoms with Crippen molar-refractivity contribution in [1.82, 2.24) is 15.3 Å². The molecule has 2 amide bonds. The molecule has 2 N–H and O–H groups in total. The van der Waals surface area contributed by atoms with Crippen molar-refractivity contribution in [3.63, 3.8) is 0 Å². The standard InChI is InChI=1S/C15H19N5O/c1-11-12(5-4-7-17-11)9-18-15(21)19-13-6-8-16-10-14(13)20(2)3/h4-8,10H,9H2,1-3H3,(H2,16,18,19,21). The number of carbonyl (C=O) groups is 1. The first-order valence-corrected chi connectivity index (χ1v) is 6.64. The SMILES string of the molecule is Cc1ncccc1CNC(=O)Nc1ccncc1N(C)C. The lowest BCUT2D eigenvalue weighted by Crippen LogP contribution is -2.29. The number of hydrogen-bond donors (Lipinski definition) is 2. The number of nitrogens with zero attached hydrogens (tertiary/aromatic N) is 3. The summed E-state index contributed by atoms with van der Waals surface area (Å²) in [6.07, 6.45) is 5.09. The highest BCUT2D eigenvalue weighted by Crippen LogP contribution is 2.21. The Labute approximate surface area is 124 Å². The Morgan fingerprint density at radius 1 is 1.29 bits per heavy atom. The summed E-state index contributed by atoms with van der Waals surface area (Å²) in [5.41, 5.74) is 3.48. The predicted octanol–water partition coefficient (Wildman–Crippen LogP) is 2.17. The third-order valence-corrected chi connectivity index (χ3v) is 3.09. The van der Waals surface area contributed by atoms with Gasteiger partial charge in [-0.15, -0.1) is 0 Å². The van der Waals surface area contributed by atoms with E-state index in [4.69, 9.17) is 0 Å². The molecule has 0 aliphatic heterocycles. The number of carbonyl (C=O) groups excluding carboxylic acids is 1. The Balaban J connectivity index is 1.98. The largest absolute Gasteiger partial charge is 0.375 e.